The Morgan fingerprint density at radius 3 is 1.36 bits per heavy atom. The van der Waals surface area contributed by atoms with Crippen LogP contribution >= 0.6 is 22.7 Å². The molecule has 12 aromatic rings. The van der Waals surface area contributed by atoms with Crippen molar-refractivity contribution in [1.29, 1.82) is 0 Å². The van der Waals surface area contributed by atoms with Crippen molar-refractivity contribution < 1.29 is 8.83 Å². The molecule has 0 saturated heterocycles. The molecule has 4 heterocycles. The van der Waals surface area contributed by atoms with Crippen LogP contribution < -0.4 is 0 Å². The van der Waals surface area contributed by atoms with E-state index in [1.165, 1.54) is 90.6 Å². The van der Waals surface area contributed by atoms with Crippen LogP contribution in [-0.4, -0.2) is 0 Å². The molecule has 58 heavy (non-hydrogen) atoms. The van der Waals surface area contributed by atoms with Crippen molar-refractivity contribution in [2.45, 2.75) is 12.8 Å². The van der Waals surface area contributed by atoms with Crippen LogP contribution in [0, 0.1) is 0 Å². The molecule has 0 bridgehead atoms. The molecule has 0 radical (unpaired) electrons. The van der Waals surface area contributed by atoms with Crippen molar-refractivity contribution in [2.75, 3.05) is 0 Å². The molecule has 2 nitrogen and oxygen atoms in total. The maximum atomic E-state index is 6.34. The van der Waals surface area contributed by atoms with Crippen molar-refractivity contribution in [3.05, 3.63) is 180 Å². The van der Waals surface area contributed by atoms with E-state index < -0.39 is 0 Å². The fourth-order valence-electron chi connectivity index (χ4n) is 9.32. The highest BCUT2D eigenvalue weighted by molar-refractivity contribution is 7.26. The molecule has 4 aromatic heterocycles. The van der Waals surface area contributed by atoms with Gasteiger partial charge in [-0.25, -0.2) is 0 Å². The van der Waals surface area contributed by atoms with Gasteiger partial charge in [0.1, 0.15) is 22.3 Å². The Labute approximate surface area is 341 Å². The topological polar surface area (TPSA) is 26.3 Å². The summed E-state index contributed by atoms with van der Waals surface area (Å²) in [5.74, 6) is 0. The van der Waals surface area contributed by atoms with Gasteiger partial charge in [-0.05, 0) is 142 Å². The third-order valence-corrected chi connectivity index (χ3v) is 14.6. The minimum atomic E-state index is 0.914. The molecule has 0 unspecified atom stereocenters. The summed E-state index contributed by atoms with van der Waals surface area (Å²) in [7, 11) is 0. The molecule has 0 fully saturated rings. The predicted octanol–water partition coefficient (Wildman–Crippen LogP) is 16.6. The van der Waals surface area contributed by atoms with Gasteiger partial charge in [0.05, 0.1) is 0 Å². The summed E-state index contributed by atoms with van der Waals surface area (Å²) in [6, 6.07) is 59.4. The molecule has 0 spiro atoms. The molecule has 8 aromatic carbocycles. The lowest BCUT2D eigenvalue weighted by atomic mass is 9.90. The van der Waals surface area contributed by atoms with Crippen LogP contribution in [0.5, 0.6) is 0 Å². The molecular weight excluding hydrogens is 745 g/mol. The summed E-state index contributed by atoms with van der Waals surface area (Å²) >= 11 is 3.87. The Balaban J connectivity index is 0.935. The van der Waals surface area contributed by atoms with Gasteiger partial charge in [-0.3, -0.25) is 0 Å². The summed E-state index contributed by atoms with van der Waals surface area (Å²) < 4.78 is 16.7. The first-order chi connectivity index (χ1) is 28.7. The van der Waals surface area contributed by atoms with E-state index in [9.17, 15) is 0 Å². The highest BCUT2D eigenvalue weighted by atomic mass is 32.1. The fraction of sp³-hybridized carbons (Fsp3) is 0.0370. The van der Waals surface area contributed by atoms with Crippen molar-refractivity contribution >= 4 is 108 Å². The number of allylic oxidation sites excluding steroid dienone is 1. The largest absolute Gasteiger partial charge is 0.456 e. The molecular formula is C54H32O2S2. The Hall–Kier alpha value is -6.72. The summed E-state index contributed by atoms with van der Waals surface area (Å²) in [5.41, 5.74) is 15.0. The van der Waals surface area contributed by atoms with Gasteiger partial charge < -0.3 is 8.83 Å². The van der Waals surface area contributed by atoms with Crippen molar-refractivity contribution in [3.8, 4) is 33.4 Å². The number of benzene rings is 8. The first-order valence-corrected chi connectivity index (χ1v) is 21.5. The first kappa shape index (κ1) is 32.4. The molecule has 1 aliphatic carbocycles. The van der Waals surface area contributed by atoms with Gasteiger partial charge in [0, 0.05) is 56.7 Å². The summed E-state index contributed by atoms with van der Waals surface area (Å²) in [6.07, 6.45) is 4.55. The van der Waals surface area contributed by atoms with E-state index in [1.807, 2.05) is 22.7 Å². The lowest BCUT2D eigenvalue weighted by molar-refractivity contribution is 0.668. The second kappa shape index (κ2) is 12.4. The maximum Gasteiger partial charge on any atom is 0.135 e. The van der Waals surface area contributed by atoms with Gasteiger partial charge in [-0.15, -0.1) is 22.7 Å². The number of thiophene rings is 2. The average molecular weight is 777 g/mol. The van der Waals surface area contributed by atoms with Crippen LogP contribution in [0.3, 0.4) is 0 Å². The van der Waals surface area contributed by atoms with E-state index in [4.69, 9.17) is 8.83 Å². The van der Waals surface area contributed by atoms with Crippen LogP contribution in [0.25, 0.3) is 119 Å². The molecule has 1 aliphatic rings. The molecule has 0 saturated carbocycles. The van der Waals surface area contributed by atoms with E-state index in [1.54, 1.807) is 0 Å². The highest BCUT2D eigenvalue weighted by Crippen LogP contribution is 2.48. The van der Waals surface area contributed by atoms with Gasteiger partial charge in [-0.2, -0.15) is 0 Å². The summed E-state index contributed by atoms with van der Waals surface area (Å²) in [4.78, 5) is 1.48. The normalized spacial score (nSPS) is 13.1. The SMILES string of the molecule is C1=C(c2ccc3oc4ccc(-c5ccccc5)cc4c3c2)CCc2sc3ccc4sc5ccc(-c6ccc7oc8ccc(-c9ccccc9)cc8c7c6)cc5c4c3c21. The number of hydrogen-bond acceptors (Lipinski definition) is 4. The van der Waals surface area contributed by atoms with Crippen LogP contribution in [-0.2, 0) is 6.42 Å². The third-order valence-electron chi connectivity index (χ3n) is 12.2. The average Bonchev–Trinajstić information content (AvgIpc) is 4.05. The molecule has 0 N–H and O–H groups in total. The number of furan rings is 2. The zero-order chi connectivity index (χ0) is 37.9. The summed E-state index contributed by atoms with van der Waals surface area (Å²) in [6.45, 7) is 0. The van der Waals surface area contributed by atoms with Crippen molar-refractivity contribution in [2.24, 2.45) is 0 Å². The number of fused-ring (bicyclic) bond motifs is 13. The van der Waals surface area contributed by atoms with Gasteiger partial charge >= 0.3 is 0 Å². The van der Waals surface area contributed by atoms with E-state index >= 15 is 0 Å². The minimum absolute atomic E-state index is 0.914. The molecule has 13 rings (SSSR count). The maximum absolute atomic E-state index is 6.34. The van der Waals surface area contributed by atoms with E-state index in [0.717, 1.165) is 51.3 Å². The predicted molar refractivity (Wildman–Crippen MR) is 248 cm³/mol. The van der Waals surface area contributed by atoms with Crippen LogP contribution in [0.1, 0.15) is 22.4 Å². The molecule has 0 amide bonds. The minimum Gasteiger partial charge on any atom is -0.456 e. The third kappa shape index (κ3) is 4.95. The van der Waals surface area contributed by atoms with Crippen LogP contribution in [0.15, 0.2) is 173 Å². The van der Waals surface area contributed by atoms with E-state index in [0.29, 0.717) is 0 Å². The molecule has 4 heteroatoms. The van der Waals surface area contributed by atoms with E-state index in [-0.39, 0.29) is 0 Å². The highest BCUT2D eigenvalue weighted by Gasteiger charge is 2.22. The van der Waals surface area contributed by atoms with Crippen LogP contribution in [0.4, 0.5) is 0 Å². The van der Waals surface area contributed by atoms with Crippen molar-refractivity contribution in [1.82, 2.24) is 0 Å². The lowest BCUT2D eigenvalue weighted by Gasteiger charge is -2.14. The Kier molecular flexibility index (Phi) is 6.91. The second-order valence-corrected chi connectivity index (χ2v) is 17.7. The lowest BCUT2D eigenvalue weighted by Crippen LogP contribution is -1.95. The Morgan fingerprint density at radius 2 is 0.793 bits per heavy atom. The van der Waals surface area contributed by atoms with Gasteiger partial charge in [0.15, 0.2) is 0 Å². The quantitative estimate of drug-likeness (QED) is 0.178. The number of hydrogen-bond donors (Lipinski definition) is 0. The summed E-state index contributed by atoms with van der Waals surface area (Å²) in [5, 5.41) is 8.72. The smallest absolute Gasteiger partial charge is 0.135 e. The number of aryl methyl sites for hydroxylation is 1. The zero-order valence-corrected chi connectivity index (χ0v) is 32.8. The van der Waals surface area contributed by atoms with Gasteiger partial charge in [-0.1, -0.05) is 91.0 Å². The zero-order valence-electron chi connectivity index (χ0n) is 31.2. The van der Waals surface area contributed by atoms with E-state index in [2.05, 4.69) is 170 Å². The van der Waals surface area contributed by atoms with Crippen LogP contribution in [0.2, 0.25) is 0 Å². The molecule has 0 atom stereocenters. The Bertz CT molecular complexity index is 3670. The molecule has 272 valence electrons. The molecule has 0 aliphatic heterocycles. The standard InChI is InChI=1S/C54H32O2S2/c1-3-7-31(8-4-1)33-11-17-45-39(25-33)41-27-35(13-19-47(41)55-45)37-15-21-49-43(29-37)53-51(57-49)23-24-52-54(53)44-30-38(16-22-50(44)58-52)36-14-20-48-42(28-36)40-26-34(12-18-46(40)56-48)32-9-5-2-6-10-32/h1-15,17-21,23-30H,16,22H2. The van der Waals surface area contributed by atoms with Gasteiger partial charge in [0.2, 0.25) is 0 Å². The first-order valence-electron chi connectivity index (χ1n) is 19.8. The Morgan fingerprint density at radius 1 is 0.345 bits per heavy atom. The number of rotatable bonds is 4. The second-order valence-electron chi connectivity index (χ2n) is 15.5. The fourth-order valence-corrected chi connectivity index (χ4v) is 11.6. The van der Waals surface area contributed by atoms with Gasteiger partial charge in [0.25, 0.3) is 0 Å². The monoisotopic (exact) mass is 776 g/mol. The van der Waals surface area contributed by atoms with Crippen molar-refractivity contribution in [3.63, 3.8) is 0 Å².